The normalized spacial score (nSPS) is 21.5. The number of anilines is 1. The van der Waals surface area contributed by atoms with Crippen molar-refractivity contribution in [2.75, 3.05) is 25.9 Å². The van der Waals surface area contributed by atoms with Gasteiger partial charge in [0.05, 0.1) is 11.0 Å². The van der Waals surface area contributed by atoms with Gasteiger partial charge in [-0.2, -0.15) is 4.31 Å². The average molecular weight is 284 g/mol. The fourth-order valence-corrected chi connectivity index (χ4v) is 4.12. The minimum absolute atomic E-state index is 0.0232. The molecule has 2 N–H and O–H groups in total. The van der Waals surface area contributed by atoms with Crippen molar-refractivity contribution in [3.05, 3.63) is 23.8 Å². The number of nitrogens with two attached hydrogens (primary N) is 1. The second-order valence-electron chi connectivity index (χ2n) is 4.89. The number of methoxy groups -OCH3 is 1. The number of nitrogens with zero attached hydrogens (tertiary/aromatic N) is 1. The van der Waals surface area contributed by atoms with E-state index in [2.05, 4.69) is 0 Å². The Labute approximate surface area is 114 Å². The van der Waals surface area contributed by atoms with Crippen molar-refractivity contribution < 1.29 is 13.2 Å². The fourth-order valence-electron chi connectivity index (χ4n) is 2.35. The van der Waals surface area contributed by atoms with Crippen molar-refractivity contribution >= 4 is 15.7 Å². The molecule has 6 heteroatoms. The third-order valence-corrected chi connectivity index (χ3v) is 5.51. The Balaban J connectivity index is 2.34. The first-order valence-electron chi connectivity index (χ1n) is 6.34. The van der Waals surface area contributed by atoms with Crippen LogP contribution in [0.5, 0.6) is 0 Å². The van der Waals surface area contributed by atoms with Crippen LogP contribution < -0.4 is 5.73 Å². The minimum atomic E-state index is -3.48. The van der Waals surface area contributed by atoms with Gasteiger partial charge in [0.2, 0.25) is 10.0 Å². The molecule has 1 aliphatic heterocycles. The summed E-state index contributed by atoms with van der Waals surface area (Å²) in [5.41, 5.74) is 6.88. The predicted molar refractivity (Wildman–Crippen MR) is 74.4 cm³/mol. The number of hydrogen-bond acceptors (Lipinski definition) is 4. The Hall–Kier alpha value is -1.11. The molecule has 1 heterocycles. The SMILES string of the molecule is COC1CCCN(S(=O)(=O)c2cc(N)ccc2C)C1. The number of hydrogen-bond donors (Lipinski definition) is 1. The molecule has 0 aliphatic carbocycles. The van der Waals surface area contributed by atoms with Crippen LogP contribution in [0.25, 0.3) is 0 Å². The van der Waals surface area contributed by atoms with Gasteiger partial charge in [-0.15, -0.1) is 0 Å². The quantitative estimate of drug-likeness (QED) is 0.851. The second-order valence-corrected chi connectivity index (χ2v) is 6.79. The first-order valence-corrected chi connectivity index (χ1v) is 7.78. The van der Waals surface area contributed by atoms with E-state index >= 15 is 0 Å². The monoisotopic (exact) mass is 284 g/mol. The molecule has 0 bridgehead atoms. The smallest absolute Gasteiger partial charge is 0.243 e. The number of ether oxygens (including phenoxy) is 1. The highest BCUT2D eigenvalue weighted by atomic mass is 32.2. The van der Waals surface area contributed by atoms with Crippen molar-refractivity contribution in [1.82, 2.24) is 4.31 Å². The van der Waals surface area contributed by atoms with Gasteiger partial charge in [-0.05, 0) is 37.5 Å². The van der Waals surface area contributed by atoms with Gasteiger partial charge in [-0.3, -0.25) is 0 Å². The van der Waals surface area contributed by atoms with Gasteiger partial charge in [-0.1, -0.05) is 6.07 Å². The van der Waals surface area contributed by atoms with Gasteiger partial charge in [-0.25, -0.2) is 8.42 Å². The maximum absolute atomic E-state index is 12.6. The highest BCUT2D eigenvalue weighted by molar-refractivity contribution is 7.89. The Morgan fingerprint density at radius 3 is 2.84 bits per heavy atom. The van der Waals surface area contributed by atoms with E-state index in [1.54, 1.807) is 26.2 Å². The standard InChI is InChI=1S/C13H20N2O3S/c1-10-5-6-11(14)8-13(10)19(16,17)15-7-3-4-12(9-15)18-2/h5-6,8,12H,3-4,7,9,14H2,1-2H3. The van der Waals surface area contributed by atoms with Gasteiger partial charge in [0, 0.05) is 25.9 Å². The number of benzene rings is 1. The van der Waals surface area contributed by atoms with Crippen molar-refractivity contribution in [2.45, 2.75) is 30.8 Å². The maximum atomic E-state index is 12.6. The topological polar surface area (TPSA) is 72.6 Å². The largest absolute Gasteiger partial charge is 0.399 e. The lowest BCUT2D eigenvalue weighted by Crippen LogP contribution is -2.43. The highest BCUT2D eigenvalue weighted by Gasteiger charge is 2.31. The van der Waals surface area contributed by atoms with E-state index < -0.39 is 10.0 Å². The van der Waals surface area contributed by atoms with Gasteiger partial charge in [0.1, 0.15) is 0 Å². The van der Waals surface area contributed by atoms with Crippen molar-refractivity contribution in [3.63, 3.8) is 0 Å². The molecular weight excluding hydrogens is 264 g/mol. The number of nitrogen functional groups attached to an aromatic ring is 1. The van der Waals surface area contributed by atoms with Gasteiger partial charge in [0.25, 0.3) is 0 Å². The summed E-state index contributed by atoms with van der Waals surface area (Å²) < 4.78 is 32.0. The van der Waals surface area contributed by atoms with E-state index in [0.29, 0.717) is 29.2 Å². The number of sulfonamides is 1. The van der Waals surface area contributed by atoms with E-state index in [4.69, 9.17) is 10.5 Å². The minimum Gasteiger partial charge on any atom is -0.399 e. The molecule has 2 rings (SSSR count). The molecule has 5 nitrogen and oxygen atoms in total. The molecule has 1 aromatic carbocycles. The zero-order valence-corrected chi connectivity index (χ0v) is 12.1. The van der Waals surface area contributed by atoms with Crippen LogP contribution in [0.3, 0.4) is 0 Å². The summed E-state index contributed by atoms with van der Waals surface area (Å²) in [6, 6.07) is 4.98. The summed E-state index contributed by atoms with van der Waals surface area (Å²) in [5, 5.41) is 0. The van der Waals surface area contributed by atoms with Crippen LogP contribution in [0.4, 0.5) is 5.69 Å². The lowest BCUT2D eigenvalue weighted by Gasteiger charge is -2.31. The Morgan fingerprint density at radius 2 is 2.16 bits per heavy atom. The third kappa shape index (κ3) is 2.91. The highest BCUT2D eigenvalue weighted by Crippen LogP contribution is 2.25. The summed E-state index contributed by atoms with van der Waals surface area (Å²) in [6.07, 6.45) is 1.70. The Bertz CT molecular complexity index is 557. The van der Waals surface area contributed by atoms with E-state index in [9.17, 15) is 8.42 Å². The predicted octanol–water partition coefficient (Wildman–Crippen LogP) is 1.38. The molecule has 1 aliphatic rings. The molecule has 106 valence electrons. The van der Waals surface area contributed by atoms with E-state index in [0.717, 1.165) is 12.8 Å². The van der Waals surface area contributed by atoms with Crippen LogP contribution >= 0.6 is 0 Å². The molecule has 0 saturated carbocycles. The van der Waals surface area contributed by atoms with Crippen LogP contribution in [0.1, 0.15) is 18.4 Å². The summed E-state index contributed by atoms with van der Waals surface area (Å²) in [4.78, 5) is 0.296. The lowest BCUT2D eigenvalue weighted by atomic mass is 10.1. The average Bonchev–Trinajstić information content (AvgIpc) is 2.41. The molecule has 1 saturated heterocycles. The van der Waals surface area contributed by atoms with Crippen molar-refractivity contribution in [2.24, 2.45) is 0 Å². The maximum Gasteiger partial charge on any atom is 0.243 e. The first-order chi connectivity index (χ1) is 8.95. The molecule has 1 unspecified atom stereocenters. The van der Waals surface area contributed by atoms with Crippen molar-refractivity contribution in [1.29, 1.82) is 0 Å². The zero-order valence-electron chi connectivity index (χ0n) is 11.3. The molecule has 0 aromatic heterocycles. The number of aryl methyl sites for hydroxylation is 1. The van der Waals surface area contributed by atoms with Crippen LogP contribution in [-0.4, -0.2) is 39.0 Å². The molecule has 19 heavy (non-hydrogen) atoms. The molecular formula is C13H20N2O3S. The summed E-state index contributed by atoms with van der Waals surface area (Å²) in [7, 11) is -1.87. The van der Waals surface area contributed by atoms with Gasteiger partial charge < -0.3 is 10.5 Å². The van der Waals surface area contributed by atoms with Crippen molar-refractivity contribution in [3.8, 4) is 0 Å². The summed E-state index contributed by atoms with van der Waals surface area (Å²) in [5.74, 6) is 0. The molecule has 0 spiro atoms. The molecule has 0 amide bonds. The van der Waals surface area contributed by atoms with Crippen LogP contribution in [-0.2, 0) is 14.8 Å². The molecule has 1 atom stereocenters. The van der Waals surface area contributed by atoms with Crippen LogP contribution in [0, 0.1) is 6.92 Å². The van der Waals surface area contributed by atoms with E-state index in [-0.39, 0.29) is 6.10 Å². The van der Waals surface area contributed by atoms with Crippen LogP contribution in [0.2, 0.25) is 0 Å². The molecule has 1 aromatic rings. The fraction of sp³-hybridized carbons (Fsp3) is 0.538. The number of rotatable bonds is 3. The van der Waals surface area contributed by atoms with Gasteiger partial charge >= 0.3 is 0 Å². The van der Waals surface area contributed by atoms with Gasteiger partial charge in [0.15, 0.2) is 0 Å². The van der Waals surface area contributed by atoms with Crippen LogP contribution in [0.15, 0.2) is 23.1 Å². The Morgan fingerprint density at radius 1 is 1.42 bits per heavy atom. The van der Waals surface area contributed by atoms with E-state index in [1.807, 2.05) is 0 Å². The third-order valence-electron chi connectivity index (χ3n) is 3.50. The molecule has 1 fully saturated rings. The summed E-state index contributed by atoms with van der Waals surface area (Å²) in [6.45, 7) is 2.73. The summed E-state index contributed by atoms with van der Waals surface area (Å²) >= 11 is 0. The Kier molecular flexibility index (Phi) is 4.13. The lowest BCUT2D eigenvalue weighted by molar-refractivity contribution is 0.0572. The van der Waals surface area contributed by atoms with E-state index in [1.165, 1.54) is 10.4 Å². The first kappa shape index (κ1) is 14.3. The number of piperidine rings is 1. The molecule has 0 radical (unpaired) electrons. The zero-order chi connectivity index (χ0) is 14.0. The second kappa shape index (κ2) is 5.48.